The highest BCUT2D eigenvalue weighted by Crippen LogP contribution is 2.35. The third-order valence-electron chi connectivity index (χ3n) is 6.74. The van der Waals surface area contributed by atoms with Crippen LogP contribution in [-0.2, 0) is 9.47 Å². The number of hydrogen-bond acceptors (Lipinski definition) is 8. The Morgan fingerprint density at radius 1 is 1.06 bits per heavy atom. The van der Waals surface area contributed by atoms with E-state index in [0.29, 0.717) is 53.8 Å². The van der Waals surface area contributed by atoms with E-state index in [2.05, 4.69) is 15.0 Å². The molecular weight excluding hydrogens is 460 g/mol. The summed E-state index contributed by atoms with van der Waals surface area (Å²) in [6, 6.07) is 13.4. The van der Waals surface area contributed by atoms with Crippen LogP contribution in [0.2, 0.25) is 0 Å². The minimum Gasteiger partial charge on any atom is -0.477 e. The Kier molecular flexibility index (Phi) is 5.69. The molecule has 2 aliphatic heterocycles. The first-order valence-corrected chi connectivity index (χ1v) is 12.3. The molecule has 10 nitrogen and oxygen atoms in total. The molecule has 0 aliphatic carbocycles. The molecular formula is C26H28N6O4. The zero-order valence-corrected chi connectivity index (χ0v) is 20.4. The highest BCUT2D eigenvalue weighted by Gasteiger charge is 2.40. The molecule has 3 aromatic heterocycles. The van der Waals surface area contributed by atoms with Gasteiger partial charge in [0.15, 0.2) is 11.3 Å². The van der Waals surface area contributed by atoms with Gasteiger partial charge in [0.2, 0.25) is 5.88 Å². The number of nitrogens with zero attached hydrogens (tertiary/aromatic N) is 5. The van der Waals surface area contributed by atoms with Gasteiger partial charge in [0.05, 0.1) is 36.8 Å². The van der Waals surface area contributed by atoms with Crippen LogP contribution < -0.4 is 15.2 Å². The van der Waals surface area contributed by atoms with Crippen LogP contribution in [0.3, 0.4) is 0 Å². The van der Waals surface area contributed by atoms with Gasteiger partial charge in [0.25, 0.3) is 5.56 Å². The molecule has 2 saturated heterocycles. The summed E-state index contributed by atoms with van der Waals surface area (Å²) in [4.78, 5) is 27.9. The summed E-state index contributed by atoms with van der Waals surface area (Å²) < 4.78 is 19.2. The standard InChI is InChI=1S/C26H28N6O4/c1-3-34-25-19(9-10-20(27-25)31-13-11-26(12-14-31)35-15-16-36-26)23-28-21-17(2)30-32(22(21)24(33)29-23)18-7-5-4-6-8-18/h4-10H,3,11-16H2,1-2H3,(H,28,29,33). The van der Waals surface area contributed by atoms with Crippen molar-refractivity contribution < 1.29 is 14.2 Å². The Morgan fingerprint density at radius 2 is 1.81 bits per heavy atom. The molecule has 0 radical (unpaired) electrons. The maximum atomic E-state index is 13.2. The molecule has 0 saturated carbocycles. The van der Waals surface area contributed by atoms with Crippen molar-refractivity contribution in [2.24, 2.45) is 0 Å². The van der Waals surface area contributed by atoms with Crippen molar-refractivity contribution in [2.75, 3.05) is 37.8 Å². The summed E-state index contributed by atoms with van der Waals surface area (Å²) in [6.07, 6.45) is 1.58. The van der Waals surface area contributed by atoms with Gasteiger partial charge in [-0.05, 0) is 38.1 Å². The van der Waals surface area contributed by atoms with E-state index in [1.54, 1.807) is 4.68 Å². The highest BCUT2D eigenvalue weighted by atomic mass is 16.7. The number of ether oxygens (including phenoxy) is 3. The van der Waals surface area contributed by atoms with E-state index >= 15 is 0 Å². The van der Waals surface area contributed by atoms with Crippen LogP contribution in [0.15, 0.2) is 47.3 Å². The van der Waals surface area contributed by atoms with Crippen molar-refractivity contribution in [1.82, 2.24) is 24.7 Å². The van der Waals surface area contributed by atoms with Gasteiger partial charge >= 0.3 is 0 Å². The number of piperidine rings is 1. The number of fused-ring (bicyclic) bond motifs is 1. The van der Waals surface area contributed by atoms with Crippen molar-refractivity contribution in [3.05, 3.63) is 58.5 Å². The fourth-order valence-electron chi connectivity index (χ4n) is 4.94. The van der Waals surface area contributed by atoms with Crippen LogP contribution in [-0.4, -0.2) is 63.4 Å². The van der Waals surface area contributed by atoms with Crippen LogP contribution >= 0.6 is 0 Å². The van der Waals surface area contributed by atoms with E-state index in [1.807, 2.05) is 56.3 Å². The largest absolute Gasteiger partial charge is 0.477 e. The Balaban J connectivity index is 1.36. The molecule has 0 unspecified atom stereocenters. The van der Waals surface area contributed by atoms with Crippen LogP contribution in [0.5, 0.6) is 5.88 Å². The first kappa shape index (κ1) is 22.7. The second-order valence-electron chi connectivity index (χ2n) is 8.99. The smallest absolute Gasteiger partial charge is 0.277 e. The van der Waals surface area contributed by atoms with Crippen LogP contribution in [0.1, 0.15) is 25.5 Å². The number of anilines is 1. The number of benzene rings is 1. The number of aryl methyl sites for hydroxylation is 1. The third-order valence-corrected chi connectivity index (χ3v) is 6.74. The van der Waals surface area contributed by atoms with E-state index in [-0.39, 0.29) is 5.56 Å². The van der Waals surface area contributed by atoms with E-state index in [4.69, 9.17) is 24.2 Å². The van der Waals surface area contributed by atoms with E-state index in [0.717, 1.165) is 37.4 Å². The lowest BCUT2D eigenvalue weighted by Gasteiger charge is -2.38. The number of hydrogen-bond donors (Lipinski definition) is 1. The molecule has 36 heavy (non-hydrogen) atoms. The van der Waals surface area contributed by atoms with Gasteiger partial charge in [-0.15, -0.1) is 0 Å². The second-order valence-corrected chi connectivity index (χ2v) is 8.99. The monoisotopic (exact) mass is 488 g/mol. The Labute approximate surface area is 207 Å². The molecule has 1 aromatic carbocycles. The van der Waals surface area contributed by atoms with Crippen LogP contribution in [0, 0.1) is 6.92 Å². The van der Waals surface area contributed by atoms with Crippen molar-refractivity contribution in [1.29, 1.82) is 0 Å². The van der Waals surface area contributed by atoms with Crippen LogP contribution in [0.25, 0.3) is 28.1 Å². The molecule has 2 fully saturated rings. The number of rotatable bonds is 5. The predicted octanol–water partition coefficient (Wildman–Crippen LogP) is 3.22. The highest BCUT2D eigenvalue weighted by molar-refractivity contribution is 5.81. The summed E-state index contributed by atoms with van der Waals surface area (Å²) >= 11 is 0. The molecule has 10 heteroatoms. The normalized spacial score (nSPS) is 17.2. The minimum absolute atomic E-state index is 0.274. The average molecular weight is 489 g/mol. The predicted molar refractivity (Wildman–Crippen MR) is 135 cm³/mol. The SMILES string of the molecule is CCOc1nc(N2CCC3(CC2)OCCO3)ccc1-c1nc2c(C)nn(-c3ccccc3)c2c(=O)[nH]1. The summed E-state index contributed by atoms with van der Waals surface area (Å²) in [5.74, 6) is 1.20. The Morgan fingerprint density at radius 3 is 2.53 bits per heavy atom. The quantitative estimate of drug-likeness (QED) is 0.456. The fraction of sp³-hybridized carbons (Fsp3) is 0.385. The number of nitrogens with one attached hydrogen (secondary N) is 1. The lowest BCUT2D eigenvalue weighted by Crippen LogP contribution is -2.45. The third kappa shape index (κ3) is 3.92. The molecule has 0 bridgehead atoms. The number of aromatic amines is 1. The number of para-hydroxylation sites is 1. The van der Waals surface area contributed by atoms with Crippen LogP contribution in [0.4, 0.5) is 5.82 Å². The molecule has 4 aromatic rings. The number of aromatic nitrogens is 5. The number of pyridine rings is 1. The zero-order valence-electron chi connectivity index (χ0n) is 20.4. The molecule has 0 atom stereocenters. The maximum absolute atomic E-state index is 13.2. The van der Waals surface area contributed by atoms with Gasteiger partial charge in [-0.3, -0.25) is 4.79 Å². The second kappa shape index (κ2) is 9.03. The van der Waals surface area contributed by atoms with E-state index < -0.39 is 5.79 Å². The first-order chi connectivity index (χ1) is 17.6. The summed E-state index contributed by atoms with van der Waals surface area (Å²) in [7, 11) is 0. The average Bonchev–Trinajstić information content (AvgIpc) is 3.50. The van der Waals surface area contributed by atoms with Gasteiger partial charge in [0, 0.05) is 25.9 Å². The molecule has 1 N–H and O–H groups in total. The topological polar surface area (TPSA) is 107 Å². The molecule has 5 heterocycles. The molecule has 186 valence electrons. The van der Waals surface area contributed by atoms with E-state index in [9.17, 15) is 4.79 Å². The van der Waals surface area contributed by atoms with E-state index in [1.165, 1.54) is 0 Å². The lowest BCUT2D eigenvalue weighted by atomic mass is 10.0. The van der Waals surface area contributed by atoms with Gasteiger partial charge in [-0.25, -0.2) is 9.67 Å². The molecule has 1 spiro atoms. The minimum atomic E-state index is -0.444. The van der Waals surface area contributed by atoms with Gasteiger partial charge in [0.1, 0.15) is 17.2 Å². The van der Waals surface area contributed by atoms with Crippen molar-refractivity contribution in [2.45, 2.75) is 32.5 Å². The fourth-order valence-corrected chi connectivity index (χ4v) is 4.94. The lowest BCUT2D eigenvalue weighted by molar-refractivity contribution is -0.169. The summed E-state index contributed by atoms with van der Waals surface area (Å²) in [5, 5.41) is 4.58. The molecule has 6 rings (SSSR count). The van der Waals surface area contributed by atoms with Gasteiger partial charge in [-0.1, -0.05) is 18.2 Å². The maximum Gasteiger partial charge on any atom is 0.277 e. The summed E-state index contributed by atoms with van der Waals surface area (Å²) in [5.41, 5.74) is 2.77. The van der Waals surface area contributed by atoms with Crippen molar-refractivity contribution in [3.8, 4) is 23.0 Å². The Bertz CT molecular complexity index is 1450. The Hall–Kier alpha value is -3.76. The van der Waals surface area contributed by atoms with Crippen molar-refractivity contribution >= 4 is 16.9 Å². The van der Waals surface area contributed by atoms with Gasteiger partial charge in [-0.2, -0.15) is 10.1 Å². The molecule has 0 amide bonds. The first-order valence-electron chi connectivity index (χ1n) is 12.3. The molecule has 2 aliphatic rings. The summed E-state index contributed by atoms with van der Waals surface area (Å²) in [6.45, 7) is 7.05. The number of H-pyrrole nitrogens is 1. The van der Waals surface area contributed by atoms with Gasteiger partial charge < -0.3 is 24.1 Å². The zero-order chi connectivity index (χ0) is 24.7. The van der Waals surface area contributed by atoms with Crippen molar-refractivity contribution in [3.63, 3.8) is 0 Å².